The number of sulfone groups is 1. The van der Waals surface area contributed by atoms with E-state index < -0.39 is 37.8 Å². The number of nitrogens with one attached hydrogen (secondary N) is 2. The van der Waals surface area contributed by atoms with Crippen molar-refractivity contribution >= 4 is 54.7 Å². The van der Waals surface area contributed by atoms with Gasteiger partial charge >= 0.3 is 6.09 Å². The Labute approximate surface area is 194 Å². The second-order valence-corrected chi connectivity index (χ2v) is 12.4. The molecule has 1 aliphatic heterocycles. The summed E-state index contributed by atoms with van der Waals surface area (Å²) in [5, 5.41) is 15.4. The van der Waals surface area contributed by atoms with Gasteiger partial charge in [-0.15, -0.1) is 11.3 Å². The van der Waals surface area contributed by atoms with E-state index in [4.69, 9.17) is 0 Å². The number of carbonyl (C=O) groups is 1. The maximum Gasteiger partial charge on any atom is 0.410 e. The number of aromatic nitrogens is 1. The van der Waals surface area contributed by atoms with Gasteiger partial charge in [-0.1, -0.05) is 6.07 Å². The first-order valence-electron chi connectivity index (χ1n) is 10.1. The normalized spacial score (nSPS) is 21.4. The molecule has 2 aromatic carbocycles. The number of nitrogens with zero attached hydrogens (tertiary/aromatic N) is 2. The highest BCUT2D eigenvalue weighted by atomic mass is 32.2. The summed E-state index contributed by atoms with van der Waals surface area (Å²) in [6, 6.07) is 9.99. The molecule has 0 radical (unpaired) electrons. The van der Waals surface area contributed by atoms with E-state index in [2.05, 4.69) is 20.6 Å². The van der Waals surface area contributed by atoms with Crippen LogP contribution in [0.15, 0.2) is 41.4 Å². The van der Waals surface area contributed by atoms with E-state index in [0.29, 0.717) is 5.69 Å². The van der Waals surface area contributed by atoms with Crippen molar-refractivity contribution in [2.24, 2.45) is 4.99 Å². The third-order valence-electron chi connectivity index (χ3n) is 5.75. The zero-order valence-electron chi connectivity index (χ0n) is 18.4. The second-order valence-electron chi connectivity index (χ2n) is 8.64. The van der Waals surface area contributed by atoms with Crippen molar-refractivity contribution in [1.29, 1.82) is 0 Å². The highest BCUT2D eigenvalue weighted by molar-refractivity contribution is 7.93. The lowest BCUT2D eigenvalue weighted by molar-refractivity contribution is 0.199. The summed E-state index contributed by atoms with van der Waals surface area (Å²) in [5.41, 5.74) is 0.546. The van der Waals surface area contributed by atoms with Crippen molar-refractivity contribution < 1.29 is 22.7 Å². The van der Waals surface area contributed by atoms with Gasteiger partial charge in [-0.2, -0.15) is 0 Å². The van der Waals surface area contributed by atoms with E-state index in [1.165, 1.54) is 32.9 Å². The third kappa shape index (κ3) is 4.06. The highest BCUT2D eigenvalue weighted by Gasteiger charge is 2.50. The molecule has 0 saturated carbocycles. The van der Waals surface area contributed by atoms with Gasteiger partial charge in [-0.25, -0.2) is 22.6 Å². The Kier molecular flexibility index (Phi) is 5.44. The topological polar surface area (TPSA) is 121 Å². The molecule has 1 atom stereocenters. The molecule has 4 rings (SSSR count). The van der Waals surface area contributed by atoms with E-state index in [9.17, 15) is 22.7 Å². The molecule has 8 nitrogen and oxygen atoms in total. The zero-order valence-corrected chi connectivity index (χ0v) is 20.1. The Morgan fingerprint density at radius 3 is 2.64 bits per heavy atom. The molecular formula is C22H23FN4O4S2. The van der Waals surface area contributed by atoms with Crippen molar-refractivity contribution in [3.63, 3.8) is 0 Å². The number of hydrogen-bond acceptors (Lipinski definition) is 7. The SMILES string of the molecule is Cc1nc2c(Nc3ccc(F)c(C4(C)CS(=O)(=O)C(C)(C)C(NC(=O)O)=N4)c3)cccc2s1. The molecule has 0 aliphatic carbocycles. The van der Waals surface area contributed by atoms with E-state index in [-0.39, 0.29) is 11.4 Å². The lowest BCUT2D eigenvalue weighted by atomic mass is 9.92. The van der Waals surface area contributed by atoms with Crippen LogP contribution in [-0.4, -0.2) is 40.9 Å². The second kappa shape index (κ2) is 7.77. The summed E-state index contributed by atoms with van der Waals surface area (Å²) in [6.45, 7) is 6.15. The molecule has 0 bridgehead atoms. The van der Waals surface area contributed by atoms with Crippen LogP contribution in [0.3, 0.4) is 0 Å². The summed E-state index contributed by atoms with van der Waals surface area (Å²) in [4.78, 5) is 20.2. The third-order valence-corrected chi connectivity index (χ3v) is 9.38. The zero-order chi connectivity index (χ0) is 24.2. The first kappa shape index (κ1) is 23.1. The fourth-order valence-electron chi connectivity index (χ4n) is 3.86. The van der Waals surface area contributed by atoms with E-state index >= 15 is 0 Å². The maximum atomic E-state index is 15.0. The molecule has 3 N–H and O–H groups in total. The number of para-hydroxylation sites is 1. The Bertz CT molecular complexity index is 1420. The largest absolute Gasteiger partial charge is 0.465 e. The number of hydrogen-bond donors (Lipinski definition) is 3. The summed E-state index contributed by atoms with van der Waals surface area (Å²) in [7, 11) is -3.88. The fourth-order valence-corrected chi connectivity index (χ4v) is 6.43. The van der Waals surface area contributed by atoms with Crippen LogP contribution in [0.2, 0.25) is 0 Å². The van der Waals surface area contributed by atoms with Gasteiger partial charge in [0.2, 0.25) is 0 Å². The molecule has 33 heavy (non-hydrogen) atoms. The average Bonchev–Trinajstić information content (AvgIpc) is 3.08. The van der Waals surface area contributed by atoms with E-state index in [1.54, 1.807) is 17.4 Å². The van der Waals surface area contributed by atoms with Gasteiger partial charge < -0.3 is 10.4 Å². The van der Waals surface area contributed by atoms with Crippen LogP contribution in [0.4, 0.5) is 20.6 Å². The predicted octanol–water partition coefficient (Wildman–Crippen LogP) is 4.58. The fraction of sp³-hybridized carbons (Fsp3) is 0.318. The van der Waals surface area contributed by atoms with Gasteiger partial charge in [0, 0.05) is 11.3 Å². The van der Waals surface area contributed by atoms with Gasteiger partial charge in [0.25, 0.3) is 0 Å². The molecule has 0 spiro atoms. The van der Waals surface area contributed by atoms with E-state index in [0.717, 1.165) is 20.9 Å². The van der Waals surface area contributed by atoms with Crippen LogP contribution in [0.25, 0.3) is 10.2 Å². The number of aryl methyl sites for hydroxylation is 1. The number of thiazole rings is 1. The van der Waals surface area contributed by atoms with Crippen molar-refractivity contribution in [2.45, 2.75) is 38.0 Å². The molecule has 11 heteroatoms. The minimum Gasteiger partial charge on any atom is -0.465 e. The maximum absolute atomic E-state index is 15.0. The number of fused-ring (bicyclic) bond motifs is 1. The molecule has 1 unspecified atom stereocenters. The van der Waals surface area contributed by atoms with Crippen molar-refractivity contribution in [3.8, 4) is 0 Å². The van der Waals surface area contributed by atoms with Crippen molar-refractivity contribution in [3.05, 3.63) is 52.8 Å². The summed E-state index contributed by atoms with van der Waals surface area (Å²) in [5.74, 6) is -1.36. The lowest BCUT2D eigenvalue weighted by Gasteiger charge is -2.39. The van der Waals surface area contributed by atoms with Gasteiger partial charge in [-0.05, 0) is 58.0 Å². The number of amidine groups is 1. The smallest absolute Gasteiger partial charge is 0.410 e. The predicted molar refractivity (Wildman–Crippen MR) is 128 cm³/mol. The Morgan fingerprint density at radius 2 is 1.94 bits per heavy atom. The number of anilines is 2. The molecular weight excluding hydrogens is 467 g/mol. The standard InChI is InChI=1S/C22H23FN4O4S2/c1-12-24-18-16(6-5-7-17(18)32-12)25-13-8-9-15(23)14(10-13)22(4)11-33(30,31)21(2,3)19(27-22)26-20(28)29/h5-10,25H,11H2,1-4H3,(H,26,27)(H,28,29). The van der Waals surface area contributed by atoms with Crippen LogP contribution < -0.4 is 10.6 Å². The van der Waals surface area contributed by atoms with E-state index in [1.807, 2.05) is 25.1 Å². The quantitative estimate of drug-likeness (QED) is 0.494. The number of halogens is 1. The van der Waals surface area contributed by atoms with Crippen LogP contribution in [0.5, 0.6) is 0 Å². The van der Waals surface area contributed by atoms with Gasteiger partial charge in [-0.3, -0.25) is 10.3 Å². The van der Waals surface area contributed by atoms with Gasteiger partial charge in [0.1, 0.15) is 27.5 Å². The van der Waals surface area contributed by atoms with Crippen LogP contribution in [0.1, 0.15) is 31.3 Å². The first-order chi connectivity index (χ1) is 15.3. The Morgan fingerprint density at radius 1 is 1.21 bits per heavy atom. The Hall–Kier alpha value is -3.05. The van der Waals surface area contributed by atoms with Gasteiger partial charge in [0.05, 0.1) is 21.1 Å². The Balaban J connectivity index is 1.80. The summed E-state index contributed by atoms with van der Waals surface area (Å²) >= 11 is 1.56. The summed E-state index contributed by atoms with van der Waals surface area (Å²) < 4.78 is 40.6. The lowest BCUT2D eigenvalue weighted by Crippen LogP contribution is -2.57. The van der Waals surface area contributed by atoms with Gasteiger partial charge in [0.15, 0.2) is 9.84 Å². The molecule has 2 heterocycles. The van der Waals surface area contributed by atoms with Crippen molar-refractivity contribution in [1.82, 2.24) is 10.3 Å². The van der Waals surface area contributed by atoms with Crippen LogP contribution in [-0.2, 0) is 15.4 Å². The molecule has 1 aromatic heterocycles. The monoisotopic (exact) mass is 490 g/mol. The minimum atomic E-state index is -3.88. The molecule has 3 aromatic rings. The minimum absolute atomic E-state index is 0.0397. The average molecular weight is 491 g/mol. The number of carboxylic acid groups (broad SMARTS) is 1. The molecule has 1 aliphatic rings. The van der Waals surface area contributed by atoms with Crippen molar-refractivity contribution in [2.75, 3.05) is 11.1 Å². The highest BCUT2D eigenvalue weighted by Crippen LogP contribution is 2.39. The molecule has 174 valence electrons. The van der Waals surface area contributed by atoms with Crippen LogP contribution in [0, 0.1) is 12.7 Å². The summed E-state index contributed by atoms with van der Waals surface area (Å²) in [6.07, 6.45) is -1.44. The number of benzene rings is 2. The first-order valence-corrected chi connectivity index (χ1v) is 12.5. The molecule has 1 amide bonds. The molecule has 0 fully saturated rings. The number of amides is 1. The number of aliphatic imine (C=N–C) groups is 1. The number of rotatable bonds is 3. The van der Waals surface area contributed by atoms with Crippen LogP contribution >= 0.6 is 11.3 Å². The molecule has 0 saturated heterocycles.